The number of aliphatic hydroxyl groups is 1. The highest BCUT2D eigenvalue weighted by Gasteiger charge is 2.27. The monoisotopic (exact) mass is 188 g/mol. The number of nitrogens with one attached hydrogen (secondary N) is 1. The Morgan fingerprint density at radius 1 is 1.46 bits per heavy atom. The number of hydrogen-bond acceptors (Lipinski definition) is 3. The molecule has 2 N–H and O–H groups in total. The second kappa shape index (κ2) is 4.13. The lowest BCUT2D eigenvalue weighted by molar-refractivity contribution is -0.0373. The molecule has 5 heteroatoms. The molecule has 0 amide bonds. The van der Waals surface area contributed by atoms with Crippen LogP contribution in [0.5, 0.6) is 0 Å². The number of hydrogen-bond donors (Lipinski definition) is 2. The average Bonchev–Trinajstić information content (AvgIpc) is 2.17. The minimum atomic E-state index is -3.10. The molecule has 0 aliphatic carbocycles. The molecule has 0 aromatic carbocycles. The van der Waals surface area contributed by atoms with Crippen molar-refractivity contribution < 1.29 is 13.9 Å². The Balaban J connectivity index is 2.44. The van der Waals surface area contributed by atoms with Gasteiger partial charge in [-0.15, -0.1) is 0 Å². The highest BCUT2D eigenvalue weighted by Crippen LogP contribution is 2.12. The van der Waals surface area contributed by atoms with Crippen LogP contribution in [0.1, 0.15) is 0 Å². The SMILES string of the molecule is OCC(F)(F)CNc1ccccn1. The summed E-state index contributed by atoms with van der Waals surface area (Å²) in [7, 11) is 0. The van der Waals surface area contributed by atoms with Gasteiger partial charge in [0.1, 0.15) is 12.4 Å². The van der Waals surface area contributed by atoms with Gasteiger partial charge >= 0.3 is 0 Å². The van der Waals surface area contributed by atoms with E-state index in [4.69, 9.17) is 5.11 Å². The third-order valence-corrected chi connectivity index (χ3v) is 1.42. The van der Waals surface area contributed by atoms with E-state index < -0.39 is 19.1 Å². The topological polar surface area (TPSA) is 45.1 Å². The van der Waals surface area contributed by atoms with Crippen molar-refractivity contribution in [2.45, 2.75) is 5.92 Å². The van der Waals surface area contributed by atoms with Crippen LogP contribution in [0.15, 0.2) is 24.4 Å². The van der Waals surface area contributed by atoms with Crippen LogP contribution in [0, 0.1) is 0 Å². The first-order chi connectivity index (χ1) is 6.14. The summed E-state index contributed by atoms with van der Waals surface area (Å²) in [6.45, 7) is -1.77. The quantitative estimate of drug-likeness (QED) is 0.744. The molecule has 0 bridgehead atoms. The van der Waals surface area contributed by atoms with Crippen molar-refractivity contribution in [2.24, 2.45) is 0 Å². The summed E-state index contributed by atoms with van der Waals surface area (Å²) >= 11 is 0. The number of rotatable bonds is 4. The molecule has 13 heavy (non-hydrogen) atoms. The first-order valence-corrected chi connectivity index (χ1v) is 3.78. The van der Waals surface area contributed by atoms with Crippen LogP contribution in [0.25, 0.3) is 0 Å². The molecule has 0 aliphatic heterocycles. The molecule has 0 fully saturated rings. The molecule has 72 valence electrons. The predicted octanol–water partition coefficient (Wildman–Crippen LogP) is 1.12. The molecule has 0 atom stereocenters. The zero-order valence-corrected chi connectivity index (χ0v) is 6.87. The Kier molecular flexibility index (Phi) is 3.13. The number of pyridine rings is 1. The molecule has 0 aliphatic rings. The summed E-state index contributed by atoms with van der Waals surface area (Å²) in [6, 6.07) is 4.95. The van der Waals surface area contributed by atoms with Gasteiger partial charge in [-0.05, 0) is 12.1 Å². The number of anilines is 1. The molecule has 0 radical (unpaired) electrons. The lowest BCUT2D eigenvalue weighted by Gasteiger charge is -2.13. The molecule has 0 saturated carbocycles. The molecule has 3 nitrogen and oxygen atoms in total. The Morgan fingerprint density at radius 3 is 2.77 bits per heavy atom. The largest absolute Gasteiger partial charge is 0.390 e. The Hall–Kier alpha value is -1.23. The summed E-state index contributed by atoms with van der Waals surface area (Å²) in [5.41, 5.74) is 0. The maximum Gasteiger partial charge on any atom is 0.287 e. The molecule has 1 aromatic rings. The van der Waals surface area contributed by atoms with E-state index >= 15 is 0 Å². The van der Waals surface area contributed by atoms with Crippen molar-refractivity contribution in [3.8, 4) is 0 Å². The average molecular weight is 188 g/mol. The summed E-state index contributed by atoms with van der Waals surface area (Å²) < 4.78 is 25.0. The van der Waals surface area contributed by atoms with Crippen molar-refractivity contribution in [2.75, 3.05) is 18.5 Å². The molecule has 1 rings (SSSR count). The standard InChI is InChI=1S/C8H10F2N2O/c9-8(10,6-13)5-12-7-3-1-2-4-11-7/h1-4,13H,5-6H2,(H,11,12). The van der Waals surface area contributed by atoms with Gasteiger partial charge in [0.05, 0.1) is 6.54 Å². The van der Waals surface area contributed by atoms with Gasteiger partial charge in [0.15, 0.2) is 0 Å². The first-order valence-electron chi connectivity index (χ1n) is 3.78. The van der Waals surface area contributed by atoms with Crippen LogP contribution >= 0.6 is 0 Å². The van der Waals surface area contributed by atoms with Gasteiger partial charge in [0, 0.05) is 6.20 Å². The van der Waals surface area contributed by atoms with E-state index in [1.165, 1.54) is 6.20 Å². The van der Waals surface area contributed by atoms with E-state index in [-0.39, 0.29) is 0 Å². The van der Waals surface area contributed by atoms with Crippen molar-refractivity contribution in [1.29, 1.82) is 0 Å². The Labute approximate surface area is 74.4 Å². The number of nitrogens with zero attached hydrogens (tertiary/aromatic N) is 1. The van der Waals surface area contributed by atoms with Crippen molar-refractivity contribution in [1.82, 2.24) is 4.98 Å². The van der Waals surface area contributed by atoms with E-state index in [9.17, 15) is 8.78 Å². The highest BCUT2D eigenvalue weighted by atomic mass is 19.3. The van der Waals surface area contributed by atoms with Gasteiger partial charge in [-0.25, -0.2) is 13.8 Å². The van der Waals surface area contributed by atoms with E-state index in [0.29, 0.717) is 5.82 Å². The molecular weight excluding hydrogens is 178 g/mol. The van der Waals surface area contributed by atoms with Crippen molar-refractivity contribution >= 4 is 5.82 Å². The van der Waals surface area contributed by atoms with Crippen LogP contribution in [0.4, 0.5) is 14.6 Å². The first kappa shape index (κ1) is 9.85. The third kappa shape index (κ3) is 3.33. The van der Waals surface area contributed by atoms with Gasteiger partial charge in [-0.1, -0.05) is 6.07 Å². The molecule has 1 aromatic heterocycles. The fraction of sp³-hybridized carbons (Fsp3) is 0.375. The summed E-state index contributed by atoms with van der Waals surface area (Å²) in [5, 5.41) is 10.7. The fourth-order valence-electron chi connectivity index (χ4n) is 0.743. The van der Waals surface area contributed by atoms with E-state index in [1.807, 2.05) is 0 Å². The number of aromatic nitrogens is 1. The van der Waals surface area contributed by atoms with E-state index in [0.717, 1.165) is 0 Å². The lowest BCUT2D eigenvalue weighted by Crippen LogP contribution is -2.31. The minimum Gasteiger partial charge on any atom is -0.390 e. The predicted molar refractivity (Wildman–Crippen MR) is 44.8 cm³/mol. The fourth-order valence-corrected chi connectivity index (χ4v) is 0.743. The number of alkyl halides is 2. The highest BCUT2D eigenvalue weighted by molar-refractivity contribution is 5.33. The van der Waals surface area contributed by atoms with Crippen molar-refractivity contribution in [3.05, 3.63) is 24.4 Å². The summed E-state index contributed by atoms with van der Waals surface area (Å²) in [6.07, 6.45) is 1.50. The molecule has 0 unspecified atom stereocenters. The minimum absolute atomic E-state index is 0.371. The normalized spacial score (nSPS) is 11.3. The van der Waals surface area contributed by atoms with Gasteiger partial charge in [0.25, 0.3) is 5.92 Å². The maximum atomic E-state index is 12.5. The lowest BCUT2D eigenvalue weighted by atomic mass is 10.3. The second-order valence-corrected chi connectivity index (χ2v) is 2.58. The Morgan fingerprint density at radius 2 is 2.23 bits per heavy atom. The van der Waals surface area contributed by atoms with Gasteiger partial charge < -0.3 is 10.4 Å². The van der Waals surface area contributed by atoms with Gasteiger partial charge in [-0.3, -0.25) is 0 Å². The van der Waals surface area contributed by atoms with Gasteiger partial charge in [0.2, 0.25) is 0 Å². The van der Waals surface area contributed by atoms with Crippen LogP contribution < -0.4 is 5.32 Å². The van der Waals surface area contributed by atoms with E-state index in [2.05, 4.69) is 10.3 Å². The smallest absolute Gasteiger partial charge is 0.287 e. The second-order valence-electron chi connectivity index (χ2n) is 2.58. The third-order valence-electron chi connectivity index (χ3n) is 1.42. The number of halogens is 2. The summed E-state index contributed by atoms with van der Waals surface area (Å²) in [4.78, 5) is 3.79. The zero-order chi connectivity index (χ0) is 9.73. The Bertz CT molecular complexity index is 254. The molecule has 1 heterocycles. The van der Waals surface area contributed by atoms with Crippen LogP contribution in [-0.2, 0) is 0 Å². The van der Waals surface area contributed by atoms with Gasteiger partial charge in [-0.2, -0.15) is 0 Å². The summed E-state index contributed by atoms with van der Waals surface area (Å²) in [5.74, 6) is -2.73. The molecule has 0 spiro atoms. The zero-order valence-electron chi connectivity index (χ0n) is 6.87. The van der Waals surface area contributed by atoms with Crippen molar-refractivity contribution in [3.63, 3.8) is 0 Å². The van der Waals surface area contributed by atoms with Crippen LogP contribution in [0.2, 0.25) is 0 Å². The number of aliphatic hydroxyl groups excluding tert-OH is 1. The maximum absolute atomic E-state index is 12.5. The molecular formula is C8H10F2N2O. The van der Waals surface area contributed by atoms with Crippen LogP contribution in [0.3, 0.4) is 0 Å². The van der Waals surface area contributed by atoms with E-state index in [1.54, 1.807) is 18.2 Å². The van der Waals surface area contributed by atoms with Crippen LogP contribution in [-0.4, -0.2) is 29.2 Å². The molecule has 0 saturated heterocycles.